The molecule has 0 aromatic heterocycles. The standard InChI is InChI=1S/C28H16F6/c29-27(30,31)20-14-19(15-21(16-20)28(32,33)34)24-13-12-18-7-2-4-10-23(18)26(24)25-11-5-8-17-6-1-3-9-22(17)25/h1-16H. The molecule has 0 bridgehead atoms. The molecule has 0 aliphatic carbocycles. The lowest BCUT2D eigenvalue weighted by atomic mass is 9.86. The van der Waals surface area contributed by atoms with E-state index in [0.717, 1.165) is 39.2 Å². The topological polar surface area (TPSA) is 0 Å². The van der Waals surface area contributed by atoms with Gasteiger partial charge in [0.15, 0.2) is 0 Å². The Morgan fingerprint density at radius 3 is 1.59 bits per heavy atom. The Kier molecular flexibility index (Phi) is 5.12. The van der Waals surface area contributed by atoms with Crippen LogP contribution in [0.2, 0.25) is 0 Å². The van der Waals surface area contributed by atoms with Crippen LogP contribution in [0.1, 0.15) is 11.1 Å². The highest BCUT2D eigenvalue weighted by molar-refractivity contribution is 6.10. The summed E-state index contributed by atoms with van der Waals surface area (Å²) in [4.78, 5) is 0. The zero-order chi connectivity index (χ0) is 24.1. The molecule has 5 rings (SSSR count). The average molecular weight is 466 g/mol. The molecule has 6 heteroatoms. The smallest absolute Gasteiger partial charge is 0.166 e. The second-order valence-corrected chi connectivity index (χ2v) is 8.03. The Labute approximate surface area is 191 Å². The van der Waals surface area contributed by atoms with Gasteiger partial charge in [0.05, 0.1) is 11.1 Å². The second-order valence-electron chi connectivity index (χ2n) is 8.03. The highest BCUT2D eigenvalue weighted by Gasteiger charge is 2.37. The van der Waals surface area contributed by atoms with E-state index in [9.17, 15) is 26.3 Å². The predicted octanol–water partition coefficient (Wildman–Crippen LogP) is 9.36. The fraction of sp³-hybridized carbons (Fsp3) is 0.0714. The van der Waals surface area contributed by atoms with E-state index in [0.29, 0.717) is 11.1 Å². The summed E-state index contributed by atoms with van der Waals surface area (Å²) in [5.41, 5.74) is -1.20. The molecule has 5 aromatic carbocycles. The van der Waals surface area contributed by atoms with Gasteiger partial charge in [-0.1, -0.05) is 78.9 Å². The molecule has 0 amide bonds. The van der Waals surface area contributed by atoms with Crippen molar-refractivity contribution in [2.24, 2.45) is 0 Å². The first-order valence-electron chi connectivity index (χ1n) is 10.4. The monoisotopic (exact) mass is 466 g/mol. The van der Waals surface area contributed by atoms with Crippen molar-refractivity contribution in [3.8, 4) is 22.3 Å². The highest BCUT2D eigenvalue weighted by Crippen LogP contribution is 2.44. The van der Waals surface area contributed by atoms with Gasteiger partial charge in [-0.2, -0.15) is 26.3 Å². The summed E-state index contributed by atoms with van der Waals surface area (Å²) in [5.74, 6) is 0. The minimum absolute atomic E-state index is 0.143. The molecular weight excluding hydrogens is 450 g/mol. The number of alkyl halides is 6. The molecule has 0 spiro atoms. The maximum atomic E-state index is 13.6. The molecule has 0 unspecified atom stereocenters. The number of benzene rings is 5. The van der Waals surface area contributed by atoms with Crippen molar-refractivity contribution >= 4 is 21.5 Å². The quantitative estimate of drug-likeness (QED) is 0.227. The van der Waals surface area contributed by atoms with E-state index in [2.05, 4.69) is 0 Å². The van der Waals surface area contributed by atoms with Crippen LogP contribution in [0.15, 0.2) is 97.1 Å². The maximum Gasteiger partial charge on any atom is 0.416 e. The Morgan fingerprint density at radius 2 is 0.971 bits per heavy atom. The number of fused-ring (bicyclic) bond motifs is 2. The molecule has 0 N–H and O–H groups in total. The predicted molar refractivity (Wildman–Crippen MR) is 122 cm³/mol. The van der Waals surface area contributed by atoms with Gasteiger partial charge < -0.3 is 0 Å². The van der Waals surface area contributed by atoms with Gasteiger partial charge in [-0.15, -0.1) is 0 Å². The lowest BCUT2D eigenvalue weighted by molar-refractivity contribution is -0.143. The van der Waals surface area contributed by atoms with Gasteiger partial charge in [-0.05, 0) is 62.0 Å². The van der Waals surface area contributed by atoms with Crippen LogP contribution in [0.25, 0.3) is 43.8 Å². The largest absolute Gasteiger partial charge is 0.416 e. The van der Waals surface area contributed by atoms with E-state index in [4.69, 9.17) is 0 Å². The van der Waals surface area contributed by atoms with Gasteiger partial charge in [0.25, 0.3) is 0 Å². The SMILES string of the molecule is FC(F)(F)c1cc(-c2ccc3ccccc3c2-c2cccc3ccccc23)cc(C(F)(F)F)c1. The molecule has 0 saturated carbocycles. The Balaban J connectivity index is 1.90. The van der Waals surface area contributed by atoms with Gasteiger partial charge in [-0.3, -0.25) is 0 Å². The number of hydrogen-bond donors (Lipinski definition) is 0. The van der Waals surface area contributed by atoms with Crippen molar-refractivity contribution in [2.45, 2.75) is 12.4 Å². The third-order valence-electron chi connectivity index (χ3n) is 5.89. The molecule has 0 aliphatic rings. The van der Waals surface area contributed by atoms with Gasteiger partial charge in [0.1, 0.15) is 0 Å². The normalized spacial score (nSPS) is 12.4. The second kappa shape index (κ2) is 7.90. The number of halogens is 6. The molecule has 0 nitrogen and oxygen atoms in total. The van der Waals surface area contributed by atoms with Crippen molar-refractivity contribution < 1.29 is 26.3 Å². The van der Waals surface area contributed by atoms with Crippen LogP contribution in [0.3, 0.4) is 0 Å². The van der Waals surface area contributed by atoms with Crippen molar-refractivity contribution in [3.63, 3.8) is 0 Å². The maximum absolute atomic E-state index is 13.6. The number of hydrogen-bond acceptors (Lipinski definition) is 0. The van der Waals surface area contributed by atoms with Crippen LogP contribution in [0.4, 0.5) is 26.3 Å². The van der Waals surface area contributed by atoms with Crippen LogP contribution >= 0.6 is 0 Å². The van der Waals surface area contributed by atoms with Crippen LogP contribution in [-0.2, 0) is 12.4 Å². The zero-order valence-electron chi connectivity index (χ0n) is 17.5. The molecule has 170 valence electrons. The molecule has 0 aliphatic heterocycles. The molecular formula is C28H16F6. The van der Waals surface area contributed by atoms with E-state index in [-0.39, 0.29) is 11.6 Å². The Morgan fingerprint density at radius 1 is 0.441 bits per heavy atom. The van der Waals surface area contributed by atoms with E-state index in [1.54, 1.807) is 18.2 Å². The summed E-state index contributed by atoms with van der Waals surface area (Å²) in [6.07, 6.45) is -9.85. The lowest BCUT2D eigenvalue weighted by Gasteiger charge is -2.19. The third kappa shape index (κ3) is 3.89. The van der Waals surface area contributed by atoms with Crippen LogP contribution < -0.4 is 0 Å². The van der Waals surface area contributed by atoms with Crippen molar-refractivity contribution in [2.75, 3.05) is 0 Å². The molecule has 5 aromatic rings. The van der Waals surface area contributed by atoms with Crippen molar-refractivity contribution in [1.82, 2.24) is 0 Å². The number of rotatable bonds is 2. The Hall–Kier alpha value is -3.80. The van der Waals surface area contributed by atoms with Gasteiger partial charge in [0.2, 0.25) is 0 Å². The minimum atomic E-state index is -4.92. The van der Waals surface area contributed by atoms with Gasteiger partial charge in [-0.25, -0.2) is 0 Å². The van der Waals surface area contributed by atoms with E-state index >= 15 is 0 Å². The van der Waals surface area contributed by atoms with Crippen molar-refractivity contribution in [3.05, 3.63) is 108 Å². The highest BCUT2D eigenvalue weighted by atomic mass is 19.4. The molecule has 0 radical (unpaired) electrons. The first-order chi connectivity index (χ1) is 16.1. The van der Waals surface area contributed by atoms with E-state index in [1.807, 2.05) is 60.7 Å². The van der Waals surface area contributed by atoms with Crippen LogP contribution in [0, 0.1) is 0 Å². The first-order valence-corrected chi connectivity index (χ1v) is 10.4. The van der Waals surface area contributed by atoms with Gasteiger partial charge in [0, 0.05) is 0 Å². The fourth-order valence-corrected chi connectivity index (χ4v) is 4.36. The van der Waals surface area contributed by atoms with E-state index in [1.165, 1.54) is 0 Å². The summed E-state index contributed by atoms with van der Waals surface area (Å²) in [6, 6.07) is 25.5. The van der Waals surface area contributed by atoms with Crippen LogP contribution in [-0.4, -0.2) is 0 Å². The Bertz CT molecular complexity index is 1490. The van der Waals surface area contributed by atoms with E-state index < -0.39 is 23.5 Å². The summed E-state index contributed by atoms with van der Waals surface area (Å²) in [5, 5.41) is 3.34. The summed E-state index contributed by atoms with van der Waals surface area (Å²) in [6.45, 7) is 0. The summed E-state index contributed by atoms with van der Waals surface area (Å²) < 4.78 is 81.4. The molecule has 0 saturated heterocycles. The molecule has 34 heavy (non-hydrogen) atoms. The molecule has 0 fully saturated rings. The zero-order valence-corrected chi connectivity index (χ0v) is 17.5. The molecule has 0 atom stereocenters. The summed E-state index contributed by atoms with van der Waals surface area (Å²) in [7, 11) is 0. The van der Waals surface area contributed by atoms with Gasteiger partial charge >= 0.3 is 12.4 Å². The van der Waals surface area contributed by atoms with Crippen molar-refractivity contribution in [1.29, 1.82) is 0 Å². The lowest BCUT2D eigenvalue weighted by Crippen LogP contribution is -2.11. The molecule has 0 heterocycles. The minimum Gasteiger partial charge on any atom is -0.166 e. The van der Waals surface area contributed by atoms with Crippen LogP contribution in [0.5, 0.6) is 0 Å². The average Bonchev–Trinajstić information content (AvgIpc) is 2.81. The fourth-order valence-electron chi connectivity index (χ4n) is 4.36. The summed E-state index contributed by atoms with van der Waals surface area (Å²) >= 11 is 0. The third-order valence-corrected chi connectivity index (χ3v) is 5.89. The first kappa shape index (κ1) is 22.0.